The van der Waals surface area contributed by atoms with E-state index < -0.39 is 42.3 Å². The highest BCUT2D eigenvalue weighted by molar-refractivity contribution is 5.88. The van der Waals surface area contributed by atoms with Gasteiger partial charge in [0, 0.05) is 37.3 Å². The van der Waals surface area contributed by atoms with Gasteiger partial charge in [-0.1, -0.05) is 6.07 Å². The standard InChI is InChI=1S/C28H37F2N3O5/c1-5-37-23-14-22(15-24(19(23)3)38-6-2)20(4)33(13-8-7-10-21-11-9-12-31-16-21)26(36)32-27(25(34)35)17-28(29,30)18-27/h9,11-12,14-16,20H,5-8,10,13,17-18H2,1-4H3,(H,32,36)(H,34,35)/t20-/m1/s1. The topological polar surface area (TPSA) is 101 Å². The van der Waals surface area contributed by atoms with Crippen LogP contribution < -0.4 is 14.8 Å². The van der Waals surface area contributed by atoms with Crippen LogP contribution in [0.5, 0.6) is 11.5 Å². The van der Waals surface area contributed by atoms with E-state index in [9.17, 15) is 23.5 Å². The summed E-state index contributed by atoms with van der Waals surface area (Å²) in [5.41, 5.74) is 0.639. The van der Waals surface area contributed by atoms with Gasteiger partial charge >= 0.3 is 12.0 Å². The smallest absolute Gasteiger partial charge is 0.329 e. The van der Waals surface area contributed by atoms with Crippen molar-refractivity contribution in [2.45, 2.75) is 77.3 Å². The summed E-state index contributed by atoms with van der Waals surface area (Å²) in [6, 6.07) is 6.30. The Kier molecular flexibility index (Phi) is 9.51. The molecule has 1 atom stereocenters. The number of aromatic nitrogens is 1. The Morgan fingerprint density at radius 3 is 2.29 bits per heavy atom. The third-order valence-corrected chi connectivity index (χ3v) is 6.86. The summed E-state index contributed by atoms with van der Waals surface area (Å²) in [7, 11) is 0. The molecule has 2 amide bonds. The minimum Gasteiger partial charge on any atom is -0.493 e. The van der Waals surface area contributed by atoms with E-state index in [1.165, 1.54) is 4.90 Å². The van der Waals surface area contributed by atoms with Crippen LogP contribution in [0.15, 0.2) is 36.7 Å². The average Bonchev–Trinajstić information content (AvgIpc) is 2.85. The quantitative estimate of drug-likeness (QED) is 0.328. The monoisotopic (exact) mass is 533 g/mol. The van der Waals surface area contributed by atoms with Crippen LogP contribution in [0.3, 0.4) is 0 Å². The highest BCUT2D eigenvalue weighted by Gasteiger charge is 2.62. The van der Waals surface area contributed by atoms with E-state index in [1.807, 2.05) is 52.0 Å². The normalized spacial score (nSPS) is 16.2. The van der Waals surface area contributed by atoms with Gasteiger partial charge in [-0.15, -0.1) is 0 Å². The van der Waals surface area contributed by atoms with Gasteiger partial charge in [-0.3, -0.25) is 4.98 Å². The summed E-state index contributed by atoms with van der Waals surface area (Å²) in [5, 5.41) is 12.1. The van der Waals surface area contributed by atoms with Crippen molar-refractivity contribution in [3.8, 4) is 11.5 Å². The zero-order valence-corrected chi connectivity index (χ0v) is 22.4. The maximum Gasteiger partial charge on any atom is 0.329 e. The molecule has 0 aliphatic heterocycles. The number of carbonyl (C=O) groups is 2. The zero-order chi connectivity index (χ0) is 27.9. The second-order valence-electron chi connectivity index (χ2n) is 9.72. The van der Waals surface area contributed by atoms with Crippen molar-refractivity contribution in [2.75, 3.05) is 19.8 Å². The third-order valence-electron chi connectivity index (χ3n) is 6.86. The number of carboxylic acid groups (broad SMARTS) is 1. The molecule has 0 radical (unpaired) electrons. The zero-order valence-electron chi connectivity index (χ0n) is 22.4. The number of urea groups is 1. The number of carboxylic acids is 1. The van der Waals surface area contributed by atoms with E-state index in [1.54, 1.807) is 12.4 Å². The molecule has 1 saturated carbocycles. The van der Waals surface area contributed by atoms with Crippen LogP contribution in [-0.4, -0.2) is 58.2 Å². The summed E-state index contributed by atoms with van der Waals surface area (Å²) in [6.45, 7) is 8.63. The van der Waals surface area contributed by atoms with Crippen molar-refractivity contribution in [1.29, 1.82) is 0 Å². The number of nitrogens with zero attached hydrogens (tertiary/aromatic N) is 2. The van der Waals surface area contributed by atoms with Gasteiger partial charge in [-0.25, -0.2) is 18.4 Å². The van der Waals surface area contributed by atoms with Gasteiger partial charge in [-0.05, 0) is 76.3 Å². The molecule has 0 saturated heterocycles. The van der Waals surface area contributed by atoms with Crippen molar-refractivity contribution in [1.82, 2.24) is 15.2 Å². The molecule has 38 heavy (non-hydrogen) atoms. The molecule has 1 aromatic heterocycles. The van der Waals surface area contributed by atoms with Gasteiger partial charge in [0.15, 0.2) is 5.54 Å². The van der Waals surface area contributed by atoms with Crippen molar-refractivity contribution in [2.24, 2.45) is 0 Å². The number of nitrogens with one attached hydrogen (secondary N) is 1. The SMILES string of the molecule is CCOc1cc([C@@H](C)N(CCCCc2cccnc2)C(=O)NC2(C(=O)O)CC(F)(F)C2)cc(OCC)c1C. The first-order valence-electron chi connectivity index (χ1n) is 13.0. The Balaban J connectivity index is 1.85. The second-order valence-corrected chi connectivity index (χ2v) is 9.72. The number of alkyl halides is 2. The number of hydrogen-bond acceptors (Lipinski definition) is 5. The van der Waals surface area contributed by atoms with E-state index in [2.05, 4.69) is 10.3 Å². The van der Waals surface area contributed by atoms with Crippen LogP contribution in [0.2, 0.25) is 0 Å². The van der Waals surface area contributed by atoms with Crippen LogP contribution in [0.1, 0.15) is 69.2 Å². The highest BCUT2D eigenvalue weighted by Crippen LogP contribution is 2.46. The van der Waals surface area contributed by atoms with Crippen LogP contribution >= 0.6 is 0 Å². The lowest BCUT2D eigenvalue weighted by molar-refractivity contribution is -0.175. The summed E-state index contributed by atoms with van der Waals surface area (Å²) in [4.78, 5) is 31.0. The van der Waals surface area contributed by atoms with E-state index in [-0.39, 0.29) is 0 Å². The Morgan fingerprint density at radius 2 is 1.79 bits per heavy atom. The number of benzene rings is 1. The lowest BCUT2D eigenvalue weighted by atomic mass is 9.73. The fourth-order valence-electron chi connectivity index (χ4n) is 4.74. The van der Waals surface area contributed by atoms with Crippen molar-refractivity contribution >= 4 is 12.0 Å². The summed E-state index contributed by atoms with van der Waals surface area (Å²) in [5.74, 6) is -3.34. The number of unbranched alkanes of at least 4 members (excludes halogenated alkanes) is 1. The molecule has 1 aromatic carbocycles. The molecule has 1 aliphatic rings. The number of halogens is 2. The fraction of sp³-hybridized carbons (Fsp3) is 0.536. The first kappa shape index (κ1) is 29.1. The van der Waals surface area contributed by atoms with Gasteiger partial charge in [0.25, 0.3) is 5.92 Å². The minimum atomic E-state index is -3.12. The summed E-state index contributed by atoms with van der Waals surface area (Å²) < 4.78 is 39.0. The maximum atomic E-state index is 13.7. The largest absolute Gasteiger partial charge is 0.493 e. The molecule has 1 heterocycles. The Bertz CT molecular complexity index is 1080. The van der Waals surface area contributed by atoms with E-state index in [0.717, 1.165) is 29.5 Å². The Morgan fingerprint density at radius 1 is 1.16 bits per heavy atom. The van der Waals surface area contributed by atoms with E-state index in [0.29, 0.717) is 37.7 Å². The molecule has 3 rings (SSSR count). The predicted molar refractivity (Wildman–Crippen MR) is 139 cm³/mol. The number of amides is 2. The molecule has 208 valence electrons. The predicted octanol–water partition coefficient (Wildman–Crippen LogP) is 5.54. The van der Waals surface area contributed by atoms with Gasteiger partial charge < -0.3 is 24.8 Å². The molecular formula is C28H37F2N3O5. The second kappa shape index (κ2) is 12.4. The van der Waals surface area contributed by atoms with E-state index >= 15 is 0 Å². The number of carbonyl (C=O) groups excluding carboxylic acids is 1. The number of aryl methyl sites for hydroxylation is 1. The number of ether oxygens (including phenoxy) is 2. The Hall–Kier alpha value is -3.43. The average molecular weight is 534 g/mol. The Labute approximate surface area is 222 Å². The molecule has 10 heteroatoms. The van der Waals surface area contributed by atoms with Crippen molar-refractivity contribution in [3.63, 3.8) is 0 Å². The first-order valence-corrected chi connectivity index (χ1v) is 13.0. The van der Waals surface area contributed by atoms with Crippen LogP contribution in [-0.2, 0) is 11.2 Å². The molecule has 0 spiro atoms. The van der Waals surface area contributed by atoms with E-state index in [4.69, 9.17) is 9.47 Å². The van der Waals surface area contributed by atoms with Crippen molar-refractivity contribution < 1.29 is 33.0 Å². The molecule has 1 fully saturated rings. The number of rotatable bonds is 13. The van der Waals surface area contributed by atoms with Crippen LogP contribution in [0.25, 0.3) is 0 Å². The van der Waals surface area contributed by atoms with Crippen LogP contribution in [0.4, 0.5) is 13.6 Å². The lowest BCUT2D eigenvalue weighted by Crippen LogP contribution is -2.68. The third kappa shape index (κ3) is 6.90. The number of pyridine rings is 1. The number of hydrogen-bond donors (Lipinski definition) is 2. The lowest BCUT2D eigenvalue weighted by Gasteiger charge is -2.45. The summed E-state index contributed by atoms with van der Waals surface area (Å²) in [6.07, 6.45) is 3.76. The van der Waals surface area contributed by atoms with Gasteiger partial charge in [0.2, 0.25) is 0 Å². The summed E-state index contributed by atoms with van der Waals surface area (Å²) >= 11 is 0. The molecule has 1 aliphatic carbocycles. The van der Waals surface area contributed by atoms with Crippen molar-refractivity contribution in [3.05, 3.63) is 53.3 Å². The molecule has 0 bridgehead atoms. The number of aliphatic carboxylic acids is 1. The minimum absolute atomic E-state index is 0.293. The van der Waals surface area contributed by atoms with Gasteiger partial charge in [-0.2, -0.15) is 0 Å². The molecule has 2 aromatic rings. The molecule has 2 N–H and O–H groups in total. The molecular weight excluding hydrogens is 496 g/mol. The molecule has 8 nitrogen and oxygen atoms in total. The maximum absolute atomic E-state index is 13.7. The van der Waals surface area contributed by atoms with Gasteiger partial charge in [0.1, 0.15) is 11.5 Å². The van der Waals surface area contributed by atoms with Crippen LogP contribution in [0, 0.1) is 6.92 Å². The first-order chi connectivity index (χ1) is 18.0. The fourth-order valence-corrected chi connectivity index (χ4v) is 4.74. The van der Waals surface area contributed by atoms with Gasteiger partial charge in [0.05, 0.1) is 19.3 Å². The highest BCUT2D eigenvalue weighted by atomic mass is 19.3. The molecule has 0 unspecified atom stereocenters.